The van der Waals surface area contributed by atoms with Gasteiger partial charge >= 0.3 is 5.97 Å². The normalized spacial score (nSPS) is 29.1. The lowest BCUT2D eigenvalue weighted by Gasteiger charge is -2.52. The zero-order chi connectivity index (χ0) is 18.9. The van der Waals surface area contributed by atoms with Gasteiger partial charge in [0.2, 0.25) is 0 Å². The number of carboxylic acid groups (broad SMARTS) is 1. The van der Waals surface area contributed by atoms with E-state index in [1.54, 1.807) is 0 Å². The summed E-state index contributed by atoms with van der Waals surface area (Å²) in [4.78, 5) is 14.1. The summed E-state index contributed by atoms with van der Waals surface area (Å²) in [5.74, 6) is 0.948. The first-order valence-corrected chi connectivity index (χ1v) is 10.6. The van der Waals surface area contributed by atoms with E-state index in [4.69, 9.17) is 4.74 Å². The summed E-state index contributed by atoms with van der Waals surface area (Å²) in [5.41, 5.74) is 1.17. The predicted molar refractivity (Wildman–Crippen MR) is 106 cm³/mol. The molecule has 1 N–H and O–H groups in total. The Bertz CT molecular complexity index is 647. The molecule has 0 radical (unpaired) electrons. The Kier molecular flexibility index (Phi) is 5.30. The molecule has 148 valence electrons. The molecule has 1 heterocycles. The number of aliphatic carboxylic acids is 1. The Morgan fingerprint density at radius 1 is 1.19 bits per heavy atom. The van der Waals surface area contributed by atoms with Crippen molar-refractivity contribution < 1.29 is 14.6 Å². The van der Waals surface area contributed by atoms with Crippen molar-refractivity contribution >= 4 is 5.97 Å². The second kappa shape index (κ2) is 7.56. The van der Waals surface area contributed by atoms with Crippen LogP contribution in [0.25, 0.3) is 0 Å². The Morgan fingerprint density at radius 3 is 2.44 bits per heavy atom. The third kappa shape index (κ3) is 3.66. The number of methoxy groups -OCH3 is 1. The molecule has 1 aliphatic heterocycles. The fraction of sp³-hybridized carbons (Fsp3) is 0.696. The largest absolute Gasteiger partial charge is 0.480 e. The van der Waals surface area contributed by atoms with Crippen LogP contribution >= 0.6 is 0 Å². The number of carbonyl (C=O) groups is 1. The number of piperidine rings is 1. The maximum Gasteiger partial charge on any atom is 0.324 e. The van der Waals surface area contributed by atoms with Gasteiger partial charge < -0.3 is 9.84 Å². The molecular formula is C23H33NO3. The molecule has 0 aromatic heterocycles. The molecule has 4 nitrogen and oxygen atoms in total. The van der Waals surface area contributed by atoms with Crippen LogP contribution in [0.3, 0.4) is 0 Å². The van der Waals surface area contributed by atoms with Crippen LogP contribution in [0.2, 0.25) is 0 Å². The highest BCUT2D eigenvalue weighted by atomic mass is 16.5. The van der Waals surface area contributed by atoms with E-state index >= 15 is 0 Å². The van der Waals surface area contributed by atoms with Gasteiger partial charge in [-0.05, 0) is 87.3 Å². The first-order chi connectivity index (χ1) is 13.1. The molecule has 4 rings (SSSR count). The second-order valence-electron chi connectivity index (χ2n) is 9.16. The number of rotatable bonds is 8. The minimum Gasteiger partial charge on any atom is -0.480 e. The summed E-state index contributed by atoms with van der Waals surface area (Å²) in [5, 5.41) is 9.72. The van der Waals surface area contributed by atoms with Gasteiger partial charge in [-0.25, -0.2) is 0 Å². The van der Waals surface area contributed by atoms with Crippen LogP contribution in [0, 0.1) is 11.3 Å². The maximum absolute atomic E-state index is 11.8. The molecular weight excluding hydrogens is 338 g/mol. The molecule has 3 aliphatic rings. The van der Waals surface area contributed by atoms with Crippen molar-refractivity contribution in [2.75, 3.05) is 26.8 Å². The highest BCUT2D eigenvalue weighted by Gasteiger charge is 2.51. The van der Waals surface area contributed by atoms with Crippen molar-refractivity contribution in [2.24, 2.45) is 11.3 Å². The molecule has 4 heteroatoms. The molecule has 2 aliphatic carbocycles. The van der Waals surface area contributed by atoms with Gasteiger partial charge in [0.05, 0.1) is 6.61 Å². The number of carboxylic acids is 1. The van der Waals surface area contributed by atoms with Crippen LogP contribution in [0.5, 0.6) is 0 Å². The van der Waals surface area contributed by atoms with Gasteiger partial charge in [-0.3, -0.25) is 9.69 Å². The van der Waals surface area contributed by atoms with Gasteiger partial charge in [0.25, 0.3) is 0 Å². The molecule has 0 bridgehead atoms. The highest BCUT2D eigenvalue weighted by molar-refractivity contribution is 5.80. The zero-order valence-electron chi connectivity index (χ0n) is 16.5. The number of hydrogen-bond donors (Lipinski definition) is 1. The Hall–Kier alpha value is -1.39. The summed E-state index contributed by atoms with van der Waals surface area (Å²) >= 11 is 0. The van der Waals surface area contributed by atoms with E-state index in [1.807, 2.05) is 7.11 Å². The van der Waals surface area contributed by atoms with Crippen molar-refractivity contribution in [1.29, 1.82) is 0 Å². The van der Waals surface area contributed by atoms with Gasteiger partial charge in [0.1, 0.15) is 5.54 Å². The second-order valence-corrected chi connectivity index (χ2v) is 9.16. The quantitative estimate of drug-likeness (QED) is 0.740. The third-order valence-corrected chi connectivity index (χ3v) is 7.65. The van der Waals surface area contributed by atoms with Crippen LogP contribution < -0.4 is 0 Å². The molecule has 27 heavy (non-hydrogen) atoms. The average molecular weight is 372 g/mol. The number of hydrogen-bond acceptors (Lipinski definition) is 3. The van der Waals surface area contributed by atoms with E-state index < -0.39 is 11.5 Å². The molecule has 1 aromatic rings. The standard InChI is InChI=1S/C23H33NO3/c1-27-17-22(11-8-19-16-20(19)18-6-3-2-4-7-18)12-14-24(15-13-22)23(21(25)26)9-5-10-23/h2-4,6-7,19-20H,5,8-17H2,1H3,(H,25,26)/t19-,20+/m1/s1. The lowest BCUT2D eigenvalue weighted by molar-refractivity contribution is -0.162. The molecule has 1 saturated heterocycles. The van der Waals surface area contributed by atoms with Gasteiger partial charge in [0, 0.05) is 7.11 Å². The van der Waals surface area contributed by atoms with E-state index in [0.717, 1.165) is 63.6 Å². The predicted octanol–water partition coefficient (Wildman–Crippen LogP) is 4.31. The Labute approximate surface area is 162 Å². The summed E-state index contributed by atoms with van der Waals surface area (Å²) in [6.45, 7) is 2.62. The van der Waals surface area contributed by atoms with Crippen molar-refractivity contribution in [3.8, 4) is 0 Å². The van der Waals surface area contributed by atoms with Crippen molar-refractivity contribution in [3.05, 3.63) is 35.9 Å². The van der Waals surface area contributed by atoms with Crippen molar-refractivity contribution in [1.82, 2.24) is 4.90 Å². The van der Waals surface area contributed by atoms with E-state index in [-0.39, 0.29) is 5.41 Å². The first-order valence-electron chi connectivity index (χ1n) is 10.6. The number of nitrogens with zero attached hydrogens (tertiary/aromatic N) is 1. The first kappa shape index (κ1) is 18.9. The number of likely N-dealkylation sites (tertiary alicyclic amines) is 1. The van der Waals surface area contributed by atoms with Crippen LogP contribution in [0.1, 0.15) is 62.8 Å². The minimum absolute atomic E-state index is 0.235. The van der Waals surface area contributed by atoms with Crippen molar-refractivity contribution in [2.45, 2.75) is 62.8 Å². The molecule has 0 spiro atoms. The third-order valence-electron chi connectivity index (χ3n) is 7.65. The molecule has 0 unspecified atom stereocenters. The van der Waals surface area contributed by atoms with Crippen molar-refractivity contribution in [3.63, 3.8) is 0 Å². The monoisotopic (exact) mass is 371 g/mol. The number of ether oxygens (including phenoxy) is 1. The minimum atomic E-state index is -0.614. The number of benzene rings is 1. The Morgan fingerprint density at radius 2 is 1.89 bits per heavy atom. The fourth-order valence-electron chi connectivity index (χ4n) is 5.53. The average Bonchev–Trinajstić information content (AvgIpc) is 3.41. The molecule has 2 saturated carbocycles. The topological polar surface area (TPSA) is 49.8 Å². The van der Waals surface area contributed by atoms with E-state index in [0.29, 0.717) is 0 Å². The van der Waals surface area contributed by atoms with Crippen LogP contribution in [-0.2, 0) is 9.53 Å². The van der Waals surface area contributed by atoms with Gasteiger partial charge in [0.15, 0.2) is 0 Å². The smallest absolute Gasteiger partial charge is 0.324 e. The highest BCUT2D eigenvalue weighted by Crippen LogP contribution is 2.52. The van der Waals surface area contributed by atoms with Gasteiger partial charge in [-0.1, -0.05) is 30.3 Å². The SMILES string of the molecule is COCC1(CC[C@@H]2C[C@H]2c2ccccc2)CCN(C2(C(=O)O)CCC2)CC1. The molecule has 0 amide bonds. The van der Waals surface area contributed by atoms with E-state index in [2.05, 4.69) is 35.2 Å². The molecule has 1 aromatic carbocycles. The van der Waals surface area contributed by atoms with Crippen LogP contribution in [0.15, 0.2) is 30.3 Å². The summed E-state index contributed by atoms with van der Waals surface area (Å²) < 4.78 is 5.62. The zero-order valence-corrected chi connectivity index (χ0v) is 16.5. The molecule has 2 atom stereocenters. The van der Waals surface area contributed by atoms with E-state index in [1.165, 1.54) is 24.8 Å². The summed E-state index contributed by atoms with van der Waals surface area (Å²) in [6.07, 6.45) is 8.63. The molecule has 3 fully saturated rings. The lowest BCUT2D eigenvalue weighted by atomic mass is 9.70. The fourth-order valence-corrected chi connectivity index (χ4v) is 5.53. The van der Waals surface area contributed by atoms with Gasteiger partial charge in [-0.15, -0.1) is 0 Å². The lowest BCUT2D eigenvalue weighted by Crippen LogP contribution is -2.62. The van der Waals surface area contributed by atoms with Crippen LogP contribution in [-0.4, -0.2) is 48.3 Å². The summed E-state index contributed by atoms with van der Waals surface area (Å²) in [6, 6.07) is 10.9. The van der Waals surface area contributed by atoms with Crippen LogP contribution in [0.4, 0.5) is 0 Å². The van der Waals surface area contributed by atoms with Gasteiger partial charge in [-0.2, -0.15) is 0 Å². The summed E-state index contributed by atoms with van der Waals surface area (Å²) in [7, 11) is 1.81. The van der Waals surface area contributed by atoms with E-state index in [9.17, 15) is 9.90 Å². The maximum atomic E-state index is 11.8. The Balaban J connectivity index is 1.33.